The molecule has 0 saturated heterocycles. The number of hydrazine groups is 1. The van der Waals surface area contributed by atoms with E-state index in [1.807, 2.05) is 18.2 Å². The van der Waals surface area contributed by atoms with E-state index in [0.717, 1.165) is 28.8 Å². The molecule has 0 amide bonds. The molecule has 0 spiro atoms. The van der Waals surface area contributed by atoms with Gasteiger partial charge < -0.3 is 5.43 Å². The fourth-order valence-electron chi connectivity index (χ4n) is 2.47. The lowest BCUT2D eigenvalue weighted by Crippen LogP contribution is -2.29. The summed E-state index contributed by atoms with van der Waals surface area (Å²) in [6, 6.07) is 10.8. The summed E-state index contributed by atoms with van der Waals surface area (Å²) >= 11 is 0. The Bertz CT molecular complexity index is 567. The number of pyridine rings is 1. The molecule has 0 aliphatic heterocycles. The number of nitrogen functional groups attached to an aromatic ring is 1. The van der Waals surface area contributed by atoms with Crippen LogP contribution in [0.25, 0.3) is 10.9 Å². The summed E-state index contributed by atoms with van der Waals surface area (Å²) in [4.78, 5) is 6.93. The van der Waals surface area contributed by atoms with Crippen molar-refractivity contribution in [2.75, 3.05) is 12.5 Å². The average molecular weight is 272 g/mol. The third-order valence-electron chi connectivity index (χ3n) is 3.82. The van der Waals surface area contributed by atoms with Crippen LogP contribution in [0.2, 0.25) is 0 Å². The van der Waals surface area contributed by atoms with Crippen molar-refractivity contribution in [3.63, 3.8) is 0 Å². The molecular formula is C16H24N4. The van der Waals surface area contributed by atoms with Crippen LogP contribution in [0.3, 0.4) is 0 Å². The van der Waals surface area contributed by atoms with E-state index in [2.05, 4.69) is 48.3 Å². The predicted molar refractivity (Wildman–Crippen MR) is 85.4 cm³/mol. The molecule has 4 heteroatoms. The first-order valence-electron chi connectivity index (χ1n) is 7.21. The Morgan fingerprint density at radius 2 is 2.10 bits per heavy atom. The van der Waals surface area contributed by atoms with E-state index in [0.29, 0.717) is 6.04 Å². The first kappa shape index (κ1) is 14.8. The fourth-order valence-corrected chi connectivity index (χ4v) is 2.47. The van der Waals surface area contributed by atoms with Crippen molar-refractivity contribution in [1.82, 2.24) is 9.88 Å². The Morgan fingerprint density at radius 1 is 1.35 bits per heavy atom. The minimum absolute atomic E-state index is 0.553. The van der Waals surface area contributed by atoms with Gasteiger partial charge in [0.1, 0.15) is 5.82 Å². The number of anilines is 1. The molecule has 2 aromatic rings. The number of fused-ring (bicyclic) bond motifs is 1. The van der Waals surface area contributed by atoms with Gasteiger partial charge in [-0.25, -0.2) is 10.8 Å². The number of para-hydroxylation sites is 1. The Balaban J connectivity index is 2.28. The summed E-state index contributed by atoms with van der Waals surface area (Å²) in [5.41, 5.74) is 4.83. The SMILES string of the molecule is CCCC(C)N(C)Cc1cc2ccccc2nc1NN. The van der Waals surface area contributed by atoms with Gasteiger partial charge in [0, 0.05) is 23.5 Å². The van der Waals surface area contributed by atoms with Gasteiger partial charge in [-0.15, -0.1) is 0 Å². The van der Waals surface area contributed by atoms with Crippen molar-refractivity contribution in [2.24, 2.45) is 5.84 Å². The van der Waals surface area contributed by atoms with E-state index in [9.17, 15) is 0 Å². The lowest BCUT2D eigenvalue weighted by Gasteiger charge is -2.25. The van der Waals surface area contributed by atoms with Crippen LogP contribution in [0.15, 0.2) is 30.3 Å². The number of aromatic nitrogens is 1. The molecule has 2 rings (SSSR count). The van der Waals surface area contributed by atoms with Crippen LogP contribution in [-0.4, -0.2) is 23.0 Å². The zero-order chi connectivity index (χ0) is 14.5. The molecular weight excluding hydrogens is 248 g/mol. The minimum Gasteiger partial charge on any atom is -0.308 e. The van der Waals surface area contributed by atoms with Crippen LogP contribution < -0.4 is 11.3 Å². The maximum absolute atomic E-state index is 5.62. The highest BCUT2D eigenvalue weighted by molar-refractivity contribution is 5.81. The summed E-state index contributed by atoms with van der Waals surface area (Å²) < 4.78 is 0. The van der Waals surface area contributed by atoms with E-state index in [4.69, 9.17) is 5.84 Å². The Kier molecular flexibility index (Phi) is 4.93. The number of hydrogen-bond acceptors (Lipinski definition) is 4. The summed E-state index contributed by atoms with van der Waals surface area (Å²) in [6.07, 6.45) is 2.40. The second-order valence-electron chi connectivity index (χ2n) is 5.39. The Morgan fingerprint density at radius 3 is 2.80 bits per heavy atom. The van der Waals surface area contributed by atoms with Gasteiger partial charge >= 0.3 is 0 Å². The van der Waals surface area contributed by atoms with E-state index >= 15 is 0 Å². The third kappa shape index (κ3) is 3.26. The van der Waals surface area contributed by atoms with E-state index < -0.39 is 0 Å². The van der Waals surface area contributed by atoms with Crippen LogP contribution in [0, 0.1) is 0 Å². The second-order valence-corrected chi connectivity index (χ2v) is 5.39. The molecule has 0 aliphatic rings. The predicted octanol–water partition coefficient (Wildman–Crippen LogP) is 3.14. The normalized spacial score (nSPS) is 12.8. The van der Waals surface area contributed by atoms with Gasteiger partial charge in [0.25, 0.3) is 0 Å². The van der Waals surface area contributed by atoms with Gasteiger partial charge in [0.05, 0.1) is 5.52 Å². The molecule has 0 radical (unpaired) electrons. The third-order valence-corrected chi connectivity index (χ3v) is 3.82. The Hall–Kier alpha value is -1.65. The van der Waals surface area contributed by atoms with Crippen molar-refractivity contribution in [2.45, 2.75) is 39.3 Å². The maximum atomic E-state index is 5.62. The quantitative estimate of drug-likeness (QED) is 0.626. The summed E-state index contributed by atoms with van der Waals surface area (Å²) in [7, 11) is 2.15. The molecule has 108 valence electrons. The molecule has 1 aromatic carbocycles. The van der Waals surface area contributed by atoms with Gasteiger partial charge in [0.15, 0.2) is 0 Å². The van der Waals surface area contributed by atoms with Crippen molar-refractivity contribution in [3.05, 3.63) is 35.9 Å². The molecule has 1 atom stereocenters. The molecule has 3 N–H and O–H groups in total. The van der Waals surface area contributed by atoms with Crippen molar-refractivity contribution in [3.8, 4) is 0 Å². The van der Waals surface area contributed by atoms with Gasteiger partial charge in [0.2, 0.25) is 0 Å². The van der Waals surface area contributed by atoms with Gasteiger partial charge in [-0.3, -0.25) is 4.90 Å². The molecule has 20 heavy (non-hydrogen) atoms. The molecule has 0 aliphatic carbocycles. The standard InChI is InChI=1S/C16H24N4/c1-4-7-12(2)20(3)11-14-10-13-8-5-6-9-15(13)18-16(14)19-17/h5-6,8-10,12H,4,7,11,17H2,1-3H3,(H,18,19). The molecule has 1 unspecified atom stereocenters. The van der Waals surface area contributed by atoms with E-state index in [1.165, 1.54) is 12.8 Å². The monoisotopic (exact) mass is 272 g/mol. The molecule has 1 heterocycles. The lowest BCUT2D eigenvalue weighted by atomic mass is 10.1. The molecule has 0 saturated carbocycles. The van der Waals surface area contributed by atoms with Crippen LogP contribution in [0.4, 0.5) is 5.82 Å². The zero-order valence-corrected chi connectivity index (χ0v) is 12.6. The average Bonchev–Trinajstić information content (AvgIpc) is 2.46. The molecule has 1 aromatic heterocycles. The number of hydrogen-bond donors (Lipinski definition) is 2. The lowest BCUT2D eigenvalue weighted by molar-refractivity contribution is 0.237. The fraction of sp³-hybridized carbons (Fsp3) is 0.438. The zero-order valence-electron chi connectivity index (χ0n) is 12.6. The molecule has 0 fully saturated rings. The number of nitrogens with zero attached hydrogens (tertiary/aromatic N) is 2. The maximum Gasteiger partial charge on any atom is 0.145 e. The number of nitrogens with one attached hydrogen (secondary N) is 1. The highest BCUT2D eigenvalue weighted by Crippen LogP contribution is 2.22. The topological polar surface area (TPSA) is 54.2 Å². The van der Waals surface area contributed by atoms with Gasteiger partial charge in [-0.05, 0) is 32.5 Å². The van der Waals surface area contributed by atoms with Crippen LogP contribution in [-0.2, 0) is 6.54 Å². The number of rotatable bonds is 6. The van der Waals surface area contributed by atoms with Gasteiger partial charge in [-0.1, -0.05) is 31.5 Å². The number of benzene rings is 1. The first-order chi connectivity index (χ1) is 9.65. The smallest absolute Gasteiger partial charge is 0.145 e. The molecule has 4 nitrogen and oxygen atoms in total. The van der Waals surface area contributed by atoms with Crippen LogP contribution in [0.5, 0.6) is 0 Å². The second kappa shape index (κ2) is 6.68. The first-order valence-corrected chi connectivity index (χ1v) is 7.21. The van der Waals surface area contributed by atoms with Crippen LogP contribution in [0.1, 0.15) is 32.3 Å². The number of nitrogens with two attached hydrogens (primary N) is 1. The highest BCUT2D eigenvalue weighted by atomic mass is 15.3. The van der Waals surface area contributed by atoms with E-state index in [1.54, 1.807) is 0 Å². The van der Waals surface area contributed by atoms with Crippen LogP contribution >= 0.6 is 0 Å². The van der Waals surface area contributed by atoms with E-state index in [-0.39, 0.29) is 0 Å². The van der Waals surface area contributed by atoms with Gasteiger partial charge in [-0.2, -0.15) is 0 Å². The summed E-state index contributed by atoms with van der Waals surface area (Å²) in [6.45, 7) is 5.32. The summed E-state index contributed by atoms with van der Waals surface area (Å²) in [5.74, 6) is 6.38. The summed E-state index contributed by atoms with van der Waals surface area (Å²) in [5, 5.41) is 1.15. The minimum atomic E-state index is 0.553. The van der Waals surface area contributed by atoms with Crippen molar-refractivity contribution < 1.29 is 0 Å². The Labute approximate surface area is 121 Å². The van der Waals surface area contributed by atoms with Crippen molar-refractivity contribution >= 4 is 16.7 Å². The largest absolute Gasteiger partial charge is 0.308 e. The molecule has 0 bridgehead atoms. The highest BCUT2D eigenvalue weighted by Gasteiger charge is 2.12. The van der Waals surface area contributed by atoms with Crippen molar-refractivity contribution in [1.29, 1.82) is 0 Å².